The van der Waals surface area contributed by atoms with Crippen molar-refractivity contribution in [1.29, 1.82) is 0 Å². The number of hydrogen-bond donors (Lipinski definition) is 2. The fraction of sp³-hybridized carbons (Fsp3) is 0.381. The van der Waals surface area contributed by atoms with Crippen LogP contribution in [0.3, 0.4) is 0 Å². The molecule has 1 fully saturated rings. The van der Waals surface area contributed by atoms with Gasteiger partial charge in [-0.15, -0.1) is 0 Å². The molecule has 0 aromatic heterocycles. The van der Waals surface area contributed by atoms with E-state index in [1.54, 1.807) is 0 Å². The number of nitrogens with one attached hydrogen (secondary N) is 1. The lowest BCUT2D eigenvalue weighted by Gasteiger charge is -2.37. The van der Waals surface area contributed by atoms with Gasteiger partial charge in [0.15, 0.2) is 0 Å². The van der Waals surface area contributed by atoms with Crippen molar-refractivity contribution in [2.45, 2.75) is 37.8 Å². The first-order valence-corrected chi connectivity index (χ1v) is 9.14. The van der Waals surface area contributed by atoms with E-state index in [1.807, 2.05) is 18.2 Å². The van der Waals surface area contributed by atoms with Crippen LogP contribution in [-0.2, 0) is 22.7 Å². The summed E-state index contributed by atoms with van der Waals surface area (Å²) in [4.78, 5) is 8.90. The molecule has 1 saturated heterocycles. The van der Waals surface area contributed by atoms with Gasteiger partial charge in [0, 0.05) is 24.6 Å². The number of fused-ring (bicyclic) bond motifs is 3. The summed E-state index contributed by atoms with van der Waals surface area (Å²) in [5.41, 5.74) is 3.70. The molecule has 156 valence electrons. The molecule has 5 nitrogen and oxygen atoms in total. The van der Waals surface area contributed by atoms with Crippen LogP contribution in [0, 0.1) is 0 Å². The maximum atomic E-state index is 10.6. The smallest absolute Gasteiger partial charge is 0.489 e. The second-order valence-corrected chi connectivity index (χ2v) is 7.19. The summed E-state index contributed by atoms with van der Waals surface area (Å²) in [6.07, 6.45) is -5.08. The van der Waals surface area contributed by atoms with E-state index in [4.69, 9.17) is 19.4 Å². The zero-order chi connectivity index (χ0) is 21.1. The Balaban J connectivity index is 0.000000298. The number of carbonyl (C=O) groups is 1. The van der Waals surface area contributed by atoms with Gasteiger partial charge in [0.2, 0.25) is 0 Å². The first-order valence-electron chi connectivity index (χ1n) is 9.14. The lowest BCUT2D eigenvalue weighted by atomic mass is 9.81. The molecule has 29 heavy (non-hydrogen) atoms. The van der Waals surface area contributed by atoms with E-state index >= 15 is 0 Å². The molecule has 0 amide bonds. The van der Waals surface area contributed by atoms with Gasteiger partial charge < -0.3 is 19.9 Å². The van der Waals surface area contributed by atoms with E-state index in [0.29, 0.717) is 19.1 Å². The van der Waals surface area contributed by atoms with Crippen molar-refractivity contribution in [3.05, 3.63) is 65.2 Å². The SMILES string of the molecule is C[C@]12CNC[C@@H]1c1cccc(OCc3ccccc3)c1CO2.O=C(O)C(F)(F)F. The Hall–Kier alpha value is -2.58. The number of rotatable bonds is 3. The highest BCUT2D eigenvalue weighted by molar-refractivity contribution is 5.73. The van der Waals surface area contributed by atoms with Crippen molar-refractivity contribution in [2.75, 3.05) is 13.1 Å². The fourth-order valence-corrected chi connectivity index (χ4v) is 3.57. The minimum absolute atomic E-state index is 0.0783. The minimum atomic E-state index is -5.08. The molecule has 0 aliphatic carbocycles. The average molecular weight is 409 g/mol. The second kappa shape index (κ2) is 8.42. The minimum Gasteiger partial charge on any atom is -0.489 e. The van der Waals surface area contributed by atoms with Crippen molar-refractivity contribution in [1.82, 2.24) is 5.32 Å². The number of benzene rings is 2. The predicted molar refractivity (Wildman–Crippen MR) is 99.7 cm³/mol. The number of hydrogen-bond acceptors (Lipinski definition) is 4. The van der Waals surface area contributed by atoms with Crippen LogP contribution in [0.5, 0.6) is 5.75 Å². The number of carboxylic acid groups (broad SMARTS) is 1. The number of halogens is 3. The van der Waals surface area contributed by atoms with Gasteiger partial charge >= 0.3 is 12.1 Å². The molecule has 8 heteroatoms. The Morgan fingerprint density at radius 2 is 1.93 bits per heavy atom. The molecule has 0 unspecified atom stereocenters. The van der Waals surface area contributed by atoms with Gasteiger partial charge in [0.1, 0.15) is 12.4 Å². The van der Waals surface area contributed by atoms with E-state index in [9.17, 15) is 13.2 Å². The van der Waals surface area contributed by atoms with Crippen molar-refractivity contribution < 1.29 is 32.5 Å². The topological polar surface area (TPSA) is 67.8 Å². The Morgan fingerprint density at radius 3 is 2.59 bits per heavy atom. The molecule has 2 heterocycles. The maximum absolute atomic E-state index is 10.6. The van der Waals surface area contributed by atoms with E-state index in [-0.39, 0.29) is 5.60 Å². The molecule has 2 aliphatic heterocycles. The van der Waals surface area contributed by atoms with Gasteiger partial charge in [-0.05, 0) is 24.1 Å². The number of carboxylic acids is 1. The second-order valence-electron chi connectivity index (χ2n) is 7.19. The molecule has 2 aromatic carbocycles. The largest absolute Gasteiger partial charge is 0.490 e. The van der Waals surface area contributed by atoms with Gasteiger partial charge in [-0.25, -0.2) is 4.79 Å². The van der Waals surface area contributed by atoms with Crippen molar-refractivity contribution in [3.63, 3.8) is 0 Å². The quantitative estimate of drug-likeness (QED) is 0.806. The van der Waals surface area contributed by atoms with Gasteiger partial charge in [-0.2, -0.15) is 13.2 Å². The highest BCUT2D eigenvalue weighted by Crippen LogP contribution is 2.43. The lowest BCUT2D eigenvalue weighted by Crippen LogP contribution is -2.39. The average Bonchev–Trinajstić information content (AvgIpc) is 3.09. The summed E-state index contributed by atoms with van der Waals surface area (Å²) in [5, 5.41) is 10.6. The molecular formula is C21H22F3NO4. The monoisotopic (exact) mass is 409 g/mol. The maximum Gasteiger partial charge on any atom is 0.490 e. The van der Waals surface area contributed by atoms with Crippen molar-refractivity contribution in [3.8, 4) is 5.75 Å². The van der Waals surface area contributed by atoms with Crippen LogP contribution in [0.2, 0.25) is 0 Å². The molecule has 0 bridgehead atoms. The molecule has 0 spiro atoms. The van der Waals surface area contributed by atoms with Gasteiger partial charge in [-0.3, -0.25) is 0 Å². The summed E-state index contributed by atoms with van der Waals surface area (Å²) >= 11 is 0. The third-order valence-electron chi connectivity index (χ3n) is 5.13. The Kier molecular flexibility index (Phi) is 6.14. The molecular weight excluding hydrogens is 387 g/mol. The van der Waals surface area contributed by atoms with E-state index in [2.05, 4.69) is 42.6 Å². The van der Waals surface area contributed by atoms with Crippen LogP contribution in [0.15, 0.2) is 48.5 Å². The molecule has 2 N–H and O–H groups in total. The van der Waals surface area contributed by atoms with Crippen LogP contribution < -0.4 is 10.1 Å². The van der Waals surface area contributed by atoms with Gasteiger partial charge in [0.05, 0.1) is 12.2 Å². The summed E-state index contributed by atoms with van der Waals surface area (Å²) in [7, 11) is 0. The standard InChI is InChI=1S/C19H21NO2.C2HF3O2/c1-19-13-20-10-17(19)15-8-5-9-18(16(15)12-22-19)21-11-14-6-3-2-4-7-14;3-2(4,5)1(6)7/h2-9,17,20H,10-13H2,1H3;(H,6,7)/t17-,19+;/m1./s1. The third kappa shape index (κ3) is 4.89. The Bertz CT molecular complexity index is 857. The third-order valence-corrected chi connectivity index (χ3v) is 5.13. The summed E-state index contributed by atoms with van der Waals surface area (Å²) in [6, 6.07) is 16.7. The summed E-state index contributed by atoms with van der Waals surface area (Å²) in [6.45, 7) is 5.34. The van der Waals surface area contributed by atoms with Crippen molar-refractivity contribution >= 4 is 5.97 Å². The summed E-state index contributed by atoms with van der Waals surface area (Å²) in [5.74, 6) is -1.39. The number of alkyl halides is 3. The Labute approximate surface area is 166 Å². The number of ether oxygens (including phenoxy) is 2. The lowest BCUT2D eigenvalue weighted by molar-refractivity contribution is -0.192. The van der Waals surface area contributed by atoms with Gasteiger partial charge in [0.25, 0.3) is 0 Å². The first-order chi connectivity index (χ1) is 13.7. The summed E-state index contributed by atoms with van der Waals surface area (Å²) < 4.78 is 44.0. The first kappa shape index (κ1) is 21.1. The van der Waals surface area contributed by atoms with Crippen LogP contribution in [-0.4, -0.2) is 35.9 Å². The predicted octanol–water partition coefficient (Wildman–Crippen LogP) is 3.87. The molecule has 2 atom stereocenters. The zero-order valence-corrected chi connectivity index (χ0v) is 15.8. The highest BCUT2D eigenvalue weighted by atomic mass is 19.4. The van der Waals surface area contributed by atoms with Crippen LogP contribution in [0.25, 0.3) is 0 Å². The zero-order valence-electron chi connectivity index (χ0n) is 15.8. The molecule has 4 rings (SSSR count). The van der Waals surface area contributed by atoms with E-state index < -0.39 is 12.1 Å². The van der Waals surface area contributed by atoms with E-state index in [0.717, 1.165) is 18.8 Å². The van der Waals surface area contributed by atoms with Crippen molar-refractivity contribution in [2.24, 2.45) is 0 Å². The van der Waals surface area contributed by atoms with Crippen LogP contribution in [0.1, 0.15) is 29.5 Å². The molecule has 0 radical (unpaired) electrons. The number of aliphatic carboxylic acids is 1. The highest BCUT2D eigenvalue weighted by Gasteiger charge is 2.45. The normalized spacial score (nSPS) is 22.7. The van der Waals surface area contributed by atoms with Crippen LogP contribution in [0.4, 0.5) is 13.2 Å². The molecule has 2 aliphatic rings. The fourth-order valence-electron chi connectivity index (χ4n) is 3.57. The molecule has 2 aromatic rings. The molecule has 0 saturated carbocycles. The van der Waals surface area contributed by atoms with E-state index in [1.165, 1.54) is 16.7 Å². The van der Waals surface area contributed by atoms with Crippen LogP contribution >= 0.6 is 0 Å². The van der Waals surface area contributed by atoms with Gasteiger partial charge in [-0.1, -0.05) is 42.5 Å². The Morgan fingerprint density at radius 1 is 1.24 bits per heavy atom.